The molecule has 2 saturated heterocycles. The van der Waals surface area contributed by atoms with E-state index in [0.717, 1.165) is 19.4 Å². The number of anilines is 2. The summed E-state index contributed by atoms with van der Waals surface area (Å²) in [5.41, 5.74) is 6.87. The Kier molecular flexibility index (Phi) is 4.69. The Hall–Kier alpha value is -3.41. The van der Waals surface area contributed by atoms with Gasteiger partial charge in [0.05, 0.1) is 23.8 Å². The number of cyclic esters (lactones) is 1. The highest BCUT2D eigenvalue weighted by Gasteiger charge is 2.33. The van der Waals surface area contributed by atoms with E-state index >= 15 is 0 Å². The first-order valence-corrected chi connectivity index (χ1v) is 9.08. The van der Waals surface area contributed by atoms with Gasteiger partial charge in [-0.1, -0.05) is 6.07 Å². The highest BCUT2D eigenvalue weighted by molar-refractivity contribution is 5.70. The summed E-state index contributed by atoms with van der Waals surface area (Å²) in [6.07, 6.45) is 1.53. The second-order valence-corrected chi connectivity index (χ2v) is 6.83. The first-order valence-electron chi connectivity index (χ1n) is 9.08. The quantitative estimate of drug-likeness (QED) is 0.866. The van der Waals surface area contributed by atoms with E-state index < -0.39 is 5.82 Å². The van der Waals surface area contributed by atoms with Crippen LogP contribution >= 0.6 is 0 Å². The molecule has 0 bridgehead atoms. The van der Waals surface area contributed by atoms with Gasteiger partial charge in [-0.3, -0.25) is 0 Å². The number of halogens is 1. The monoisotopic (exact) mass is 382 g/mol. The summed E-state index contributed by atoms with van der Waals surface area (Å²) in [6.45, 7) is 2.41. The van der Waals surface area contributed by atoms with E-state index in [-0.39, 0.29) is 23.6 Å². The molecule has 1 aromatic heterocycles. The summed E-state index contributed by atoms with van der Waals surface area (Å²) in [4.78, 5) is 24.2. The van der Waals surface area contributed by atoms with Gasteiger partial charge in [-0.2, -0.15) is 10.2 Å². The number of piperidine rings is 1. The lowest BCUT2D eigenvalue weighted by Gasteiger charge is -2.37. The molecule has 0 spiro atoms. The van der Waals surface area contributed by atoms with Crippen LogP contribution in [0.1, 0.15) is 18.4 Å². The van der Waals surface area contributed by atoms with Crippen molar-refractivity contribution < 1.29 is 13.9 Å². The third kappa shape index (κ3) is 3.41. The molecular formula is C19H19FN6O2. The second kappa shape index (κ2) is 7.31. The molecule has 0 radical (unpaired) electrons. The Labute approximate surface area is 161 Å². The number of nitrogens with zero attached hydrogens (tertiary/aromatic N) is 5. The largest absolute Gasteiger partial charge is 0.448 e. The van der Waals surface area contributed by atoms with Gasteiger partial charge in [-0.25, -0.2) is 14.2 Å². The van der Waals surface area contributed by atoms with Crippen LogP contribution in [0, 0.1) is 17.1 Å². The maximum Gasteiger partial charge on any atom is 0.410 e. The fourth-order valence-electron chi connectivity index (χ4n) is 3.68. The van der Waals surface area contributed by atoms with Crippen LogP contribution in [0.2, 0.25) is 0 Å². The van der Waals surface area contributed by atoms with E-state index in [1.807, 2.05) is 0 Å². The Balaban J connectivity index is 1.61. The van der Waals surface area contributed by atoms with Crippen molar-refractivity contribution in [2.75, 3.05) is 36.9 Å². The first kappa shape index (κ1) is 18.0. The van der Waals surface area contributed by atoms with E-state index in [4.69, 9.17) is 15.7 Å². The summed E-state index contributed by atoms with van der Waals surface area (Å²) in [5, 5.41) is 8.89. The number of amides is 1. The summed E-state index contributed by atoms with van der Waals surface area (Å²) >= 11 is 0. The molecule has 9 heteroatoms. The molecule has 2 fully saturated rings. The van der Waals surface area contributed by atoms with Crippen molar-refractivity contribution in [3.8, 4) is 17.3 Å². The topological polar surface area (TPSA) is 108 Å². The molecule has 2 aliphatic heterocycles. The Morgan fingerprint density at radius 2 is 2.14 bits per heavy atom. The van der Waals surface area contributed by atoms with Crippen LogP contribution < -0.4 is 10.6 Å². The molecule has 8 nitrogen and oxygen atoms in total. The number of carbonyl (C=O) groups is 1. The van der Waals surface area contributed by atoms with Crippen LogP contribution in [-0.4, -0.2) is 53.2 Å². The van der Waals surface area contributed by atoms with Crippen LogP contribution in [0.15, 0.2) is 24.3 Å². The van der Waals surface area contributed by atoms with Crippen molar-refractivity contribution in [2.45, 2.75) is 18.9 Å². The third-order valence-electron chi connectivity index (χ3n) is 5.07. The van der Waals surface area contributed by atoms with Crippen LogP contribution in [0.5, 0.6) is 0 Å². The number of nitrogen functional groups attached to an aromatic ring is 1. The summed E-state index contributed by atoms with van der Waals surface area (Å²) < 4.78 is 19.0. The molecule has 144 valence electrons. The minimum absolute atomic E-state index is 0.0256. The molecular weight excluding hydrogens is 363 g/mol. The zero-order valence-electron chi connectivity index (χ0n) is 15.1. The van der Waals surface area contributed by atoms with Gasteiger partial charge >= 0.3 is 6.09 Å². The lowest BCUT2D eigenvalue weighted by Crippen LogP contribution is -2.48. The molecule has 0 unspecified atom stereocenters. The minimum atomic E-state index is -0.607. The number of nitrogens with two attached hydrogens (primary N) is 1. The summed E-state index contributed by atoms with van der Waals surface area (Å²) in [7, 11) is 0. The fourth-order valence-corrected chi connectivity index (χ4v) is 3.68. The highest BCUT2D eigenvalue weighted by Crippen LogP contribution is 2.27. The summed E-state index contributed by atoms with van der Waals surface area (Å²) in [5.74, 6) is 0.105. The standard InChI is InChI=1S/C19H19FN6O2/c20-15-8-12(3-4-13(15)10-21)16-9-17(24-18(22)23-16)25-5-1-2-14(11-25)26-6-7-28-19(26)27/h3-4,8-9,14H,1-2,5-7,11H2,(H2,22,23,24)/t14-/m1/s1. The van der Waals surface area contributed by atoms with Gasteiger partial charge in [0.25, 0.3) is 0 Å². The summed E-state index contributed by atoms with van der Waals surface area (Å²) in [6, 6.07) is 7.92. The van der Waals surface area contributed by atoms with Crippen molar-refractivity contribution in [2.24, 2.45) is 0 Å². The van der Waals surface area contributed by atoms with Crippen molar-refractivity contribution in [3.63, 3.8) is 0 Å². The number of hydrogen-bond acceptors (Lipinski definition) is 7. The highest BCUT2D eigenvalue weighted by atomic mass is 19.1. The molecule has 28 heavy (non-hydrogen) atoms. The van der Waals surface area contributed by atoms with Crippen molar-refractivity contribution in [3.05, 3.63) is 35.6 Å². The molecule has 0 aliphatic carbocycles. The maximum atomic E-state index is 14.0. The minimum Gasteiger partial charge on any atom is -0.448 e. The number of benzene rings is 1. The third-order valence-corrected chi connectivity index (χ3v) is 5.07. The lowest BCUT2D eigenvalue weighted by molar-refractivity contribution is 0.144. The molecule has 2 aliphatic rings. The average molecular weight is 382 g/mol. The predicted octanol–water partition coefficient (Wildman–Crippen LogP) is 2.16. The zero-order valence-corrected chi connectivity index (χ0v) is 15.1. The first-order chi connectivity index (χ1) is 13.5. The molecule has 1 atom stereocenters. The number of hydrogen-bond donors (Lipinski definition) is 1. The van der Waals surface area contributed by atoms with Gasteiger partial charge in [0.2, 0.25) is 5.95 Å². The van der Waals surface area contributed by atoms with Gasteiger partial charge < -0.3 is 20.3 Å². The molecule has 3 heterocycles. The number of aromatic nitrogens is 2. The van der Waals surface area contributed by atoms with Crippen LogP contribution in [0.25, 0.3) is 11.3 Å². The molecule has 0 saturated carbocycles. The number of carbonyl (C=O) groups excluding carboxylic acids is 1. The number of ether oxygens (including phenoxy) is 1. The SMILES string of the molecule is N#Cc1ccc(-c2cc(N3CCC[C@@H](N4CCOC4=O)C3)nc(N)n2)cc1F. The van der Waals surface area contributed by atoms with E-state index in [9.17, 15) is 9.18 Å². The van der Waals surface area contributed by atoms with E-state index in [1.54, 1.807) is 23.1 Å². The zero-order chi connectivity index (χ0) is 19.7. The van der Waals surface area contributed by atoms with Gasteiger partial charge in [0.1, 0.15) is 24.3 Å². The van der Waals surface area contributed by atoms with Gasteiger partial charge in [0.15, 0.2) is 0 Å². The lowest BCUT2D eigenvalue weighted by atomic mass is 10.0. The van der Waals surface area contributed by atoms with Crippen LogP contribution in [0.3, 0.4) is 0 Å². The average Bonchev–Trinajstić information content (AvgIpc) is 3.13. The van der Waals surface area contributed by atoms with E-state index in [0.29, 0.717) is 36.8 Å². The number of nitriles is 1. The smallest absolute Gasteiger partial charge is 0.410 e. The van der Waals surface area contributed by atoms with Gasteiger partial charge in [-0.15, -0.1) is 0 Å². The maximum absolute atomic E-state index is 14.0. The van der Waals surface area contributed by atoms with E-state index in [2.05, 4.69) is 14.9 Å². The Morgan fingerprint density at radius 3 is 2.86 bits per heavy atom. The van der Waals surface area contributed by atoms with Crippen LogP contribution in [0.4, 0.5) is 21.0 Å². The molecule has 2 aromatic rings. The molecule has 1 amide bonds. The second-order valence-electron chi connectivity index (χ2n) is 6.83. The van der Waals surface area contributed by atoms with Crippen LogP contribution in [-0.2, 0) is 4.74 Å². The fraction of sp³-hybridized carbons (Fsp3) is 0.368. The Morgan fingerprint density at radius 1 is 1.29 bits per heavy atom. The Bertz CT molecular complexity index is 960. The molecule has 2 N–H and O–H groups in total. The predicted molar refractivity (Wildman–Crippen MR) is 99.8 cm³/mol. The van der Waals surface area contributed by atoms with Crippen molar-refractivity contribution >= 4 is 17.9 Å². The molecule has 1 aromatic carbocycles. The van der Waals surface area contributed by atoms with Gasteiger partial charge in [-0.05, 0) is 25.0 Å². The van der Waals surface area contributed by atoms with Gasteiger partial charge in [0, 0.05) is 24.7 Å². The number of rotatable bonds is 3. The molecule has 4 rings (SSSR count). The van der Waals surface area contributed by atoms with E-state index in [1.165, 1.54) is 12.1 Å². The normalized spacial score (nSPS) is 19.4. The van der Waals surface area contributed by atoms with Crippen molar-refractivity contribution in [1.29, 1.82) is 5.26 Å². The van der Waals surface area contributed by atoms with Crippen molar-refractivity contribution in [1.82, 2.24) is 14.9 Å².